The number of alkyl halides is 3. The summed E-state index contributed by atoms with van der Waals surface area (Å²) in [6, 6.07) is 9.45. The van der Waals surface area contributed by atoms with E-state index in [1.165, 1.54) is 36.4 Å². The molecule has 3 rings (SSSR count). The van der Waals surface area contributed by atoms with Crippen molar-refractivity contribution in [2.24, 2.45) is 0 Å². The van der Waals surface area contributed by atoms with Crippen LogP contribution in [-0.4, -0.2) is 37.4 Å². The lowest BCUT2D eigenvalue weighted by molar-refractivity contribution is -0.274. The lowest BCUT2D eigenvalue weighted by atomic mass is 9.95. The first-order valence-electron chi connectivity index (χ1n) is 8.09. The van der Waals surface area contributed by atoms with Crippen molar-refractivity contribution in [1.82, 2.24) is 10.2 Å². The maximum atomic E-state index is 14.5. The number of piperazine rings is 1. The van der Waals surface area contributed by atoms with Crippen LogP contribution in [0.1, 0.15) is 17.2 Å². The maximum absolute atomic E-state index is 14.5. The summed E-state index contributed by atoms with van der Waals surface area (Å²) < 4.78 is 55.5. The predicted molar refractivity (Wildman–Crippen MR) is 90.8 cm³/mol. The Labute approximate surface area is 153 Å². The zero-order valence-corrected chi connectivity index (χ0v) is 14.4. The smallest absolute Gasteiger partial charge is 0.406 e. The molecule has 0 aliphatic carbocycles. The normalized spacial score (nSPS) is 17.1. The molecular formula is C18H17ClF4N2O. The summed E-state index contributed by atoms with van der Waals surface area (Å²) in [5.41, 5.74) is 0.967. The van der Waals surface area contributed by atoms with Gasteiger partial charge in [0.15, 0.2) is 0 Å². The minimum Gasteiger partial charge on any atom is -0.406 e. The van der Waals surface area contributed by atoms with Crippen molar-refractivity contribution in [2.75, 3.05) is 26.2 Å². The van der Waals surface area contributed by atoms with E-state index in [4.69, 9.17) is 11.6 Å². The van der Waals surface area contributed by atoms with Gasteiger partial charge in [-0.3, -0.25) is 4.90 Å². The van der Waals surface area contributed by atoms with Gasteiger partial charge in [-0.1, -0.05) is 29.8 Å². The first-order valence-corrected chi connectivity index (χ1v) is 8.47. The second-order valence-corrected chi connectivity index (χ2v) is 6.35. The number of nitrogens with one attached hydrogen (secondary N) is 1. The molecule has 1 heterocycles. The molecule has 0 spiro atoms. The molecule has 1 aliphatic heterocycles. The van der Waals surface area contributed by atoms with Crippen LogP contribution in [0.25, 0.3) is 0 Å². The average Bonchev–Trinajstić information content (AvgIpc) is 2.59. The summed E-state index contributed by atoms with van der Waals surface area (Å²) in [6.07, 6.45) is -4.76. The Balaban J connectivity index is 1.98. The van der Waals surface area contributed by atoms with Crippen molar-refractivity contribution in [3.8, 4) is 5.75 Å². The number of rotatable bonds is 4. The van der Waals surface area contributed by atoms with Gasteiger partial charge in [0.05, 0.1) is 6.04 Å². The van der Waals surface area contributed by atoms with Crippen molar-refractivity contribution in [2.45, 2.75) is 12.4 Å². The van der Waals surface area contributed by atoms with Gasteiger partial charge in [0, 0.05) is 36.8 Å². The Bertz CT molecular complexity index is 726. The molecule has 1 aliphatic rings. The molecule has 8 heteroatoms. The fourth-order valence-corrected chi connectivity index (χ4v) is 3.39. The molecule has 0 amide bonds. The Morgan fingerprint density at radius 3 is 2.27 bits per heavy atom. The molecule has 3 nitrogen and oxygen atoms in total. The fourth-order valence-electron chi connectivity index (χ4n) is 3.12. The van der Waals surface area contributed by atoms with Crippen LogP contribution >= 0.6 is 11.6 Å². The van der Waals surface area contributed by atoms with Crippen molar-refractivity contribution in [3.63, 3.8) is 0 Å². The van der Waals surface area contributed by atoms with Crippen molar-refractivity contribution < 1.29 is 22.3 Å². The summed E-state index contributed by atoms with van der Waals surface area (Å²) in [6.45, 7) is 2.79. The number of hydrogen-bond acceptors (Lipinski definition) is 3. The minimum atomic E-state index is -4.76. The Morgan fingerprint density at radius 2 is 1.69 bits per heavy atom. The van der Waals surface area contributed by atoms with Gasteiger partial charge in [-0.05, 0) is 29.8 Å². The Kier molecular flexibility index (Phi) is 5.70. The van der Waals surface area contributed by atoms with Crippen molar-refractivity contribution >= 4 is 11.6 Å². The van der Waals surface area contributed by atoms with Gasteiger partial charge in [-0.2, -0.15) is 0 Å². The molecule has 0 aromatic heterocycles. The number of benzene rings is 2. The van der Waals surface area contributed by atoms with Crippen LogP contribution in [0, 0.1) is 5.82 Å². The lowest BCUT2D eigenvalue weighted by Crippen LogP contribution is -2.45. The second-order valence-electron chi connectivity index (χ2n) is 5.94. The van der Waals surface area contributed by atoms with Gasteiger partial charge < -0.3 is 10.1 Å². The van der Waals surface area contributed by atoms with E-state index in [-0.39, 0.29) is 10.8 Å². The molecule has 0 radical (unpaired) electrons. The van der Waals surface area contributed by atoms with Crippen LogP contribution < -0.4 is 10.1 Å². The largest absolute Gasteiger partial charge is 0.573 e. The van der Waals surface area contributed by atoms with E-state index in [9.17, 15) is 17.6 Å². The first-order chi connectivity index (χ1) is 12.3. The van der Waals surface area contributed by atoms with E-state index in [1.54, 1.807) is 6.07 Å². The molecule has 0 unspecified atom stereocenters. The minimum absolute atomic E-state index is 0.282. The highest BCUT2D eigenvalue weighted by molar-refractivity contribution is 6.31. The summed E-state index contributed by atoms with van der Waals surface area (Å²) in [5.74, 6) is -0.767. The van der Waals surface area contributed by atoms with Crippen LogP contribution in [-0.2, 0) is 0 Å². The highest BCUT2D eigenvalue weighted by Gasteiger charge is 2.32. The average molecular weight is 389 g/mol. The van der Waals surface area contributed by atoms with Crippen molar-refractivity contribution in [3.05, 3.63) is 64.4 Å². The van der Waals surface area contributed by atoms with Gasteiger partial charge >= 0.3 is 6.36 Å². The van der Waals surface area contributed by atoms with Gasteiger partial charge in [0.25, 0.3) is 0 Å². The molecule has 2 aromatic rings. The molecule has 140 valence electrons. The second kappa shape index (κ2) is 7.82. The molecular weight excluding hydrogens is 372 g/mol. The van der Waals surface area contributed by atoms with Gasteiger partial charge in [-0.15, -0.1) is 13.2 Å². The summed E-state index contributed by atoms with van der Waals surface area (Å²) >= 11 is 6.26. The Morgan fingerprint density at radius 1 is 1.04 bits per heavy atom. The number of hydrogen-bond donors (Lipinski definition) is 1. The van der Waals surface area contributed by atoms with E-state index in [2.05, 4.69) is 15.0 Å². The zero-order chi connectivity index (χ0) is 18.7. The van der Waals surface area contributed by atoms with Gasteiger partial charge in [0.1, 0.15) is 11.6 Å². The molecule has 1 N–H and O–H groups in total. The predicted octanol–water partition coefficient (Wildman–Crippen LogP) is 4.37. The van der Waals surface area contributed by atoms with E-state index < -0.39 is 18.2 Å². The number of halogens is 5. The topological polar surface area (TPSA) is 24.5 Å². The molecule has 2 aromatic carbocycles. The molecule has 1 fully saturated rings. The van der Waals surface area contributed by atoms with Crippen LogP contribution in [0.15, 0.2) is 42.5 Å². The van der Waals surface area contributed by atoms with Crippen LogP contribution in [0.3, 0.4) is 0 Å². The van der Waals surface area contributed by atoms with Crippen LogP contribution in [0.4, 0.5) is 17.6 Å². The number of ether oxygens (including phenoxy) is 1. The van der Waals surface area contributed by atoms with E-state index in [0.29, 0.717) is 24.2 Å². The monoisotopic (exact) mass is 388 g/mol. The summed E-state index contributed by atoms with van der Waals surface area (Å²) in [7, 11) is 0. The quantitative estimate of drug-likeness (QED) is 0.787. The molecule has 1 atom stereocenters. The lowest BCUT2D eigenvalue weighted by Gasteiger charge is -2.36. The van der Waals surface area contributed by atoms with Crippen LogP contribution in [0.5, 0.6) is 5.75 Å². The highest BCUT2D eigenvalue weighted by atomic mass is 35.5. The van der Waals surface area contributed by atoms with Gasteiger partial charge in [0.2, 0.25) is 0 Å². The molecule has 26 heavy (non-hydrogen) atoms. The fraction of sp³-hybridized carbons (Fsp3) is 0.333. The first kappa shape index (κ1) is 18.9. The third-order valence-corrected chi connectivity index (χ3v) is 4.55. The molecule has 0 bridgehead atoms. The Hall–Kier alpha value is -1.83. The third-order valence-electron chi connectivity index (χ3n) is 4.22. The highest BCUT2D eigenvalue weighted by Crippen LogP contribution is 2.36. The molecule has 0 saturated carbocycles. The summed E-state index contributed by atoms with van der Waals surface area (Å²) in [4.78, 5) is 2.06. The maximum Gasteiger partial charge on any atom is 0.573 e. The zero-order valence-electron chi connectivity index (χ0n) is 13.7. The van der Waals surface area contributed by atoms with Crippen LogP contribution in [0.2, 0.25) is 5.02 Å². The van der Waals surface area contributed by atoms with E-state index in [0.717, 1.165) is 13.1 Å². The summed E-state index contributed by atoms with van der Waals surface area (Å²) in [5, 5.41) is 3.50. The standard InChI is InChI=1S/C18H17ClF4N2O/c19-14-2-1-3-15(20)16(14)17(25-10-8-24-9-11-25)12-4-6-13(7-5-12)26-18(21,22)23/h1-7,17,24H,8-11H2/t17-/m1/s1. The van der Waals surface area contributed by atoms with E-state index >= 15 is 0 Å². The van der Waals surface area contributed by atoms with E-state index in [1.807, 2.05) is 0 Å². The van der Waals surface area contributed by atoms with Gasteiger partial charge in [-0.25, -0.2) is 4.39 Å². The van der Waals surface area contributed by atoms with Crippen molar-refractivity contribution in [1.29, 1.82) is 0 Å². The SMILES string of the molecule is Fc1cccc(Cl)c1[C@@H](c1ccc(OC(F)(F)F)cc1)N1CCNCC1. The number of nitrogens with zero attached hydrogens (tertiary/aromatic N) is 1. The third kappa shape index (κ3) is 4.47. The molecule has 1 saturated heterocycles.